The third-order valence-electron chi connectivity index (χ3n) is 3.81. The van der Waals surface area contributed by atoms with Crippen LogP contribution in [-0.2, 0) is 9.53 Å². The molecule has 1 aromatic carbocycles. The molecule has 1 aromatic rings. The van der Waals surface area contributed by atoms with Gasteiger partial charge in [0.2, 0.25) is 0 Å². The second-order valence-corrected chi connectivity index (χ2v) is 5.89. The number of amides is 1. The maximum atomic E-state index is 12.0. The Morgan fingerprint density at radius 1 is 1.38 bits per heavy atom. The summed E-state index contributed by atoms with van der Waals surface area (Å²) in [5, 5.41) is 2.95. The molecule has 21 heavy (non-hydrogen) atoms. The number of hydrogen-bond donors (Lipinski definition) is 1. The first kappa shape index (κ1) is 15.8. The van der Waals surface area contributed by atoms with Crippen LogP contribution in [0.4, 0.5) is 0 Å². The van der Waals surface area contributed by atoms with Crippen LogP contribution in [0.3, 0.4) is 0 Å². The van der Waals surface area contributed by atoms with Gasteiger partial charge in [0, 0.05) is 6.61 Å². The van der Waals surface area contributed by atoms with Gasteiger partial charge in [0.05, 0.1) is 12.1 Å². The lowest BCUT2D eigenvalue weighted by Gasteiger charge is -2.20. The number of benzene rings is 1. The van der Waals surface area contributed by atoms with Crippen LogP contribution in [-0.4, -0.2) is 31.3 Å². The summed E-state index contributed by atoms with van der Waals surface area (Å²) in [5.41, 5.74) is 1.12. The van der Waals surface area contributed by atoms with E-state index in [0.717, 1.165) is 30.8 Å². The molecule has 2 atom stereocenters. The van der Waals surface area contributed by atoms with Crippen LogP contribution in [0.15, 0.2) is 24.3 Å². The first-order valence-corrected chi connectivity index (χ1v) is 7.70. The van der Waals surface area contributed by atoms with Crippen molar-refractivity contribution in [2.45, 2.75) is 51.7 Å². The minimum absolute atomic E-state index is 0.0314. The van der Waals surface area contributed by atoms with Gasteiger partial charge in [-0.1, -0.05) is 32.0 Å². The highest BCUT2D eigenvalue weighted by Gasteiger charge is 2.23. The summed E-state index contributed by atoms with van der Waals surface area (Å²) in [6.45, 7) is 7.05. The highest BCUT2D eigenvalue weighted by molar-refractivity contribution is 5.77. The average molecular weight is 291 g/mol. The van der Waals surface area contributed by atoms with E-state index in [9.17, 15) is 4.79 Å². The maximum absolute atomic E-state index is 12.0. The van der Waals surface area contributed by atoms with Gasteiger partial charge in [-0.3, -0.25) is 4.79 Å². The fourth-order valence-electron chi connectivity index (χ4n) is 2.62. The van der Waals surface area contributed by atoms with Crippen molar-refractivity contribution in [3.8, 4) is 5.75 Å². The molecule has 0 aliphatic carbocycles. The lowest BCUT2D eigenvalue weighted by Crippen LogP contribution is -2.42. The van der Waals surface area contributed by atoms with Crippen LogP contribution in [0.2, 0.25) is 0 Å². The van der Waals surface area contributed by atoms with Crippen LogP contribution >= 0.6 is 0 Å². The summed E-state index contributed by atoms with van der Waals surface area (Å²) < 4.78 is 11.2. The Labute approximate surface area is 126 Å². The minimum Gasteiger partial charge on any atom is -0.483 e. The molecule has 1 fully saturated rings. The highest BCUT2D eigenvalue weighted by atomic mass is 16.5. The Bertz CT molecular complexity index is 467. The third-order valence-corrected chi connectivity index (χ3v) is 3.81. The molecule has 0 saturated carbocycles. The van der Waals surface area contributed by atoms with Gasteiger partial charge in [-0.05, 0) is 37.3 Å². The molecule has 1 heterocycles. The predicted molar refractivity (Wildman–Crippen MR) is 82.6 cm³/mol. The van der Waals surface area contributed by atoms with E-state index in [1.165, 1.54) is 0 Å². The van der Waals surface area contributed by atoms with Crippen molar-refractivity contribution in [3.05, 3.63) is 29.8 Å². The molecule has 116 valence electrons. The fourth-order valence-corrected chi connectivity index (χ4v) is 2.62. The molecular weight excluding hydrogens is 266 g/mol. The minimum atomic E-state index is -0.100. The molecule has 0 aromatic heterocycles. The van der Waals surface area contributed by atoms with E-state index in [2.05, 4.69) is 19.2 Å². The lowest BCUT2D eigenvalue weighted by molar-refractivity contribution is -0.124. The van der Waals surface area contributed by atoms with E-state index >= 15 is 0 Å². The van der Waals surface area contributed by atoms with E-state index in [4.69, 9.17) is 9.47 Å². The molecule has 1 saturated heterocycles. The Balaban J connectivity index is 1.83. The highest BCUT2D eigenvalue weighted by Crippen LogP contribution is 2.25. The molecule has 0 unspecified atom stereocenters. The molecule has 1 amide bonds. The maximum Gasteiger partial charge on any atom is 0.258 e. The first-order valence-electron chi connectivity index (χ1n) is 7.70. The predicted octanol–water partition coefficient (Wildman–Crippen LogP) is 2.87. The number of carbonyl (C=O) groups is 1. The molecule has 1 aliphatic heterocycles. The molecule has 0 spiro atoms. The number of hydrogen-bond acceptors (Lipinski definition) is 3. The van der Waals surface area contributed by atoms with Crippen LogP contribution in [0, 0.1) is 0 Å². The molecule has 4 heteroatoms. The van der Waals surface area contributed by atoms with Crippen molar-refractivity contribution in [2.75, 3.05) is 13.2 Å². The zero-order chi connectivity index (χ0) is 15.2. The second-order valence-electron chi connectivity index (χ2n) is 5.89. The largest absolute Gasteiger partial charge is 0.483 e. The fraction of sp³-hybridized carbons (Fsp3) is 0.588. The molecule has 4 nitrogen and oxygen atoms in total. The second kappa shape index (κ2) is 7.46. The lowest BCUT2D eigenvalue weighted by atomic mass is 10.0. The van der Waals surface area contributed by atoms with Crippen LogP contribution in [0.25, 0.3) is 0 Å². The molecule has 1 N–H and O–H groups in total. The third kappa shape index (κ3) is 4.46. The normalized spacial score (nSPS) is 19.5. The number of rotatable bonds is 6. The zero-order valence-electron chi connectivity index (χ0n) is 13.1. The van der Waals surface area contributed by atoms with Gasteiger partial charge >= 0.3 is 0 Å². The van der Waals surface area contributed by atoms with Gasteiger partial charge in [-0.15, -0.1) is 0 Å². The zero-order valence-corrected chi connectivity index (χ0v) is 13.1. The Morgan fingerprint density at radius 3 is 2.81 bits per heavy atom. The molecule has 2 rings (SSSR count). The number of nitrogens with one attached hydrogen (secondary N) is 1. The van der Waals surface area contributed by atoms with Crippen LogP contribution < -0.4 is 10.1 Å². The Morgan fingerprint density at radius 2 is 2.14 bits per heavy atom. The van der Waals surface area contributed by atoms with Crippen molar-refractivity contribution < 1.29 is 14.3 Å². The first-order chi connectivity index (χ1) is 10.1. The van der Waals surface area contributed by atoms with E-state index < -0.39 is 0 Å². The van der Waals surface area contributed by atoms with Gasteiger partial charge in [0.1, 0.15) is 5.75 Å². The van der Waals surface area contributed by atoms with Gasteiger partial charge in [-0.25, -0.2) is 0 Å². The van der Waals surface area contributed by atoms with Crippen LogP contribution in [0.5, 0.6) is 5.75 Å². The van der Waals surface area contributed by atoms with Crippen molar-refractivity contribution in [3.63, 3.8) is 0 Å². The summed E-state index contributed by atoms with van der Waals surface area (Å²) in [4.78, 5) is 12.0. The van der Waals surface area contributed by atoms with E-state index in [1.54, 1.807) is 0 Å². The number of carbonyl (C=O) groups excluding carboxylic acids is 1. The summed E-state index contributed by atoms with van der Waals surface area (Å²) in [7, 11) is 0. The molecule has 1 aliphatic rings. The quantitative estimate of drug-likeness (QED) is 0.876. The number of para-hydroxylation sites is 1. The molecule has 0 bridgehead atoms. The summed E-state index contributed by atoms with van der Waals surface area (Å²) in [6.07, 6.45) is 2.22. The van der Waals surface area contributed by atoms with Crippen molar-refractivity contribution in [1.29, 1.82) is 0 Å². The van der Waals surface area contributed by atoms with Gasteiger partial charge < -0.3 is 14.8 Å². The van der Waals surface area contributed by atoms with Gasteiger partial charge in [-0.2, -0.15) is 0 Å². The molecular formula is C17H25NO3. The average Bonchev–Trinajstić information content (AvgIpc) is 2.99. The van der Waals surface area contributed by atoms with Crippen molar-refractivity contribution >= 4 is 5.91 Å². The summed E-state index contributed by atoms with van der Waals surface area (Å²) in [6, 6.07) is 7.89. The monoisotopic (exact) mass is 291 g/mol. The van der Waals surface area contributed by atoms with Crippen molar-refractivity contribution in [2.24, 2.45) is 0 Å². The van der Waals surface area contributed by atoms with Crippen LogP contribution in [0.1, 0.15) is 45.1 Å². The van der Waals surface area contributed by atoms with Gasteiger partial charge in [0.25, 0.3) is 5.91 Å². The Hall–Kier alpha value is -1.55. The topological polar surface area (TPSA) is 47.6 Å². The summed E-state index contributed by atoms with van der Waals surface area (Å²) >= 11 is 0. The van der Waals surface area contributed by atoms with E-state index in [-0.39, 0.29) is 24.7 Å². The molecule has 0 radical (unpaired) electrons. The standard InChI is InChI=1S/C17H25NO3/c1-12(2)14-7-4-5-8-16(14)21-11-17(19)18-13(3)15-9-6-10-20-15/h4-5,7-8,12-13,15H,6,9-11H2,1-3H3,(H,18,19)/t13-,15-/m1/s1. The van der Waals surface area contributed by atoms with Gasteiger partial charge in [0.15, 0.2) is 6.61 Å². The van der Waals surface area contributed by atoms with E-state index in [0.29, 0.717) is 5.92 Å². The van der Waals surface area contributed by atoms with Crippen molar-refractivity contribution in [1.82, 2.24) is 5.32 Å². The SMILES string of the molecule is CC(C)c1ccccc1OCC(=O)N[C@H](C)[C@H]1CCCO1. The van der Waals surface area contributed by atoms with E-state index in [1.807, 2.05) is 31.2 Å². The smallest absolute Gasteiger partial charge is 0.258 e. The number of ether oxygens (including phenoxy) is 2. The Kier molecular flexibility index (Phi) is 5.62. The summed E-state index contributed by atoms with van der Waals surface area (Å²) in [5.74, 6) is 1.05.